The molecule has 1 atom stereocenters. The van der Waals surface area contributed by atoms with Gasteiger partial charge in [0.15, 0.2) is 11.0 Å². The van der Waals surface area contributed by atoms with E-state index in [4.69, 9.17) is 5.26 Å². The fourth-order valence-electron chi connectivity index (χ4n) is 2.14. The topological polar surface area (TPSA) is 54.5 Å². The molecule has 1 aromatic heterocycles. The van der Waals surface area contributed by atoms with E-state index < -0.39 is 0 Å². The van der Waals surface area contributed by atoms with Crippen molar-refractivity contribution < 1.29 is 8.78 Å². The highest BCUT2D eigenvalue weighted by molar-refractivity contribution is 8.00. The van der Waals surface area contributed by atoms with Crippen molar-refractivity contribution in [1.29, 1.82) is 5.26 Å². The van der Waals surface area contributed by atoms with E-state index in [1.54, 1.807) is 35.8 Å². The fraction of sp³-hybridized carbons (Fsp3) is 0.118. The third kappa shape index (κ3) is 3.29. The number of thioether (sulfide) groups is 1. The highest BCUT2D eigenvalue weighted by atomic mass is 32.2. The molecule has 0 amide bonds. The highest BCUT2D eigenvalue weighted by Gasteiger charge is 2.18. The average molecular weight is 342 g/mol. The summed E-state index contributed by atoms with van der Waals surface area (Å²) in [6.07, 6.45) is 0. The monoisotopic (exact) mass is 342 g/mol. The second kappa shape index (κ2) is 6.81. The molecular weight excluding hydrogens is 330 g/mol. The number of halogens is 2. The lowest BCUT2D eigenvalue weighted by Gasteiger charge is -2.11. The highest BCUT2D eigenvalue weighted by Crippen LogP contribution is 2.30. The van der Waals surface area contributed by atoms with Crippen LogP contribution in [-0.2, 0) is 0 Å². The van der Waals surface area contributed by atoms with Gasteiger partial charge in [0.05, 0.1) is 11.3 Å². The van der Waals surface area contributed by atoms with E-state index in [-0.39, 0.29) is 16.9 Å². The summed E-state index contributed by atoms with van der Waals surface area (Å²) in [5.74, 6) is -0.205. The number of nitrogens with zero attached hydrogens (tertiary/aromatic N) is 4. The molecule has 0 aliphatic rings. The van der Waals surface area contributed by atoms with E-state index in [1.807, 2.05) is 0 Å². The Morgan fingerprint density at radius 1 is 1.00 bits per heavy atom. The van der Waals surface area contributed by atoms with Crippen LogP contribution in [0.5, 0.6) is 0 Å². The van der Waals surface area contributed by atoms with E-state index in [1.165, 1.54) is 36.0 Å². The van der Waals surface area contributed by atoms with Crippen LogP contribution in [0.2, 0.25) is 0 Å². The van der Waals surface area contributed by atoms with Gasteiger partial charge >= 0.3 is 0 Å². The molecule has 0 saturated carbocycles. The summed E-state index contributed by atoms with van der Waals surface area (Å²) in [6, 6.07) is 13.9. The van der Waals surface area contributed by atoms with Gasteiger partial charge < -0.3 is 0 Å². The molecule has 3 rings (SSSR count). The first-order valence-corrected chi connectivity index (χ1v) is 8.00. The molecule has 3 aromatic rings. The number of hydrogen-bond donors (Lipinski definition) is 0. The van der Waals surface area contributed by atoms with Crippen LogP contribution in [0.25, 0.3) is 17.1 Å². The fourth-order valence-corrected chi connectivity index (χ4v) is 2.89. The van der Waals surface area contributed by atoms with Gasteiger partial charge in [0, 0.05) is 11.3 Å². The molecule has 1 heterocycles. The summed E-state index contributed by atoms with van der Waals surface area (Å²) in [6.45, 7) is 1.76. The van der Waals surface area contributed by atoms with Crippen LogP contribution in [0, 0.1) is 23.0 Å². The maximum Gasteiger partial charge on any atom is 0.197 e. The van der Waals surface area contributed by atoms with Crippen LogP contribution in [0.1, 0.15) is 6.92 Å². The van der Waals surface area contributed by atoms with Crippen molar-refractivity contribution in [3.05, 3.63) is 60.2 Å². The lowest BCUT2D eigenvalue weighted by Crippen LogP contribution is -2.02. The quantitative estimate of drug-likeness (QED) is 0.666. The van der Waals surface area contributed by atoms with Gasteiger partial charge in [-0.1, -0.05) is 11.8 Å². The minimum Gasteiger partial charge on any atom is -0.270 e. The van der Waals surface area contributed by atoms with Crippen molar-refractivity contribution in [2.24, 2.45) is 0 Å². The summed E-state index contributed by atoms with van der Waals surface area (Å²) in [7, 11) is 0. The van der Waals surface area contributed by atoms with Gasteiger partial charge in [0.25, 0.3) is 0 Å². The maximum atomic E-state index is 13.2. The van der Waals surface area contributed by atoms with Crippen LogP contribution in [0.4, 0.5) is 8.78 Å². The Balaban J connectivity index is 2.14. The second-order valence-corrected chi connectivity index (χ2v) is 6.32. The third-order valence-electron chi connectivity index (χ3n) is 3.28. The third-order valence-corrected chi connectivity index (χ3v) is 4.22. The van der Waals surface area contributed by atoms with Crippen molar-refractivity contribution in [2.75, 3.05) is 0 Å². The van der Waals surface area contributed by atoms with Gasteiger partial charge in [0.2, 0.25) is 0 Å². The molecule has 2 aromatic carbocycles. The second-order valence-electron chi connectivity index (χ2n) is 5.01. The maximum absolute atomic E-state index is 13.2. The first-order valence-electron chi connectivity index (χ1n) is 7.12. The van der Waals surface area contributed by atoms with Crippen molar-refractivity contribution >= 4 is 11.8 Å². The van der Waals surface area contributed by atoms with E-state index in [9.17, 15) is 8.78 Å². The first-order chi connectivity index (χ1) is 11.6. The Kier molecular flexibility index (Phi) is 4.58. The largest absolute Gasteiger partial charge is 0.270 e. The van der Waals surface area contributed by atoms with E-state index in [0.717, 1.165) is 0 Å². The summed E-state index contributed by atoms with van der Waals surface area (Å²) in [4.78, 5) is 0. The van der Waals surface area contributed by atoms with Crippen molar-refractivity contribution in [2.45, 2.75) is 17.3 Å². The van der Waals surface area contributed by atoms with Gasteiger partial charge in [-0.2, -0.15) is 5.26 Å². The Morgan fingerprint density at radius 2 is 1.58 bits per heavy atom. The minimum absolute atomic E-state index is 0.325. The Labute approximate surface area is 141 Å². The van der Waals surface area contributed by atoms with Crippen LogP contribution >= 0.6 is 11.8 Å². The Bertz CT molecular complexity index is 882. The molecule has 0 radical (unpaired) electrons. The van der Waals surface area contributed by atoms with Crippen LogP contribution < -0.4 is 0 Å². The molecule has 0 N–H and O–H groups in total. The Hall–Kier alpha value is -2.72. The van der Waals surface area contributed by atoms with Crippen LogP contribution in [0.15, 0.2) is 53.7 Å². The normalized spacial score (nSPS) is 11.9. The van der Waals surface area contributed by atoms with Gasteiger partial charge in [-0.3, -0.25) is 4.57 Å². The number of rotatable bonds is 4. The molecule has 0 fully saturated rings. The average Bonchev–Trinajstić information content (AvgIpc) is 2.99. The zero-order chi connectivity index (χ0) is 17.1. The molecule has 120 valence electrons. The summed E-state index contributed by atoms with van der Waals surface area (Å²) in [5.41, 5.74) is 1.33. The van der Waals surface area contributed by atoms with Crippen LogP contribution in [-0.4, -0.2) is 20.0 Å². The Morgan fingerprint density at radius 3 is 2.17 bits per heavy atom. The molecular formula is C17H12F2N4S. The smallest absolute Gasteiger partial charge is 0.197 e. The lowest BCUT2D eigenvalue weighted by atomic mass is 10.2. The van der Waals surface area contributed by atoms with Crippen LogP contribution in [0.3, 0.4) is 0 Å². The molecule has 24 heavy (non-hydrogen) atoms. The molecule has 0 aliphatic carbocycles. The molecule has 0 saturated heterocycles. The van der Waals surface area contributed by atoms with E-state index in [0.29, 0.717) is 22.2 Å². The first kappa shape index (κ1) is 16.1. The number of benzene rings is 2. The molecule has 0 bridgehead atoms. The minimum atomic E-state index is -0.352. The van der Waals surface area contributed by atoms with Gasteiger partial charge in [-0.25, -0.2) is 8.78 Å². The number of nitriles is 1. The van der Waals surface area contributed by atoms with Gasteiger partial charge in [-0.15, -0.1) is 10.2 Å². The zero-order valence-corrected chi connectivity index (χ0v) is 13.5. The van der Waals surface area contributed by atoms with Crippen molar-refractivity contribution in [3.63, 3.8) is 0 Å². The molecule has 0 spiro atoms. The SMILES string of the molecule is C[C@@H](C#N)Sc1nnc(-c2ccc(F)cc2)n1-c1ccc(F)cc1. The molecule has 0 aliphatic heterocycles. The van der Waals surface area contributed by atoms with Crippen molar-refractivity contribution in [1.82, 2.24) is 14.8 Å². The van der Waals surface area contributed by atoms with E-state index in [2.05, 4.69) is 16.3 Å². The predicted molar refractivity (Wildman–Crippen MR) is 87.6 cm³/mol. The van der Waals surface area contributed by atoms with E-state index >= 15 is 0 Å². The standard InChI is InChI=1S/C17H12F2N4S/c1-11(10-20)24-17-22-21-16(12-2-4-13(18)5-3-12)23(17)15-8-6-14(19)7-9-15/h2-9,11H,1H3/t11-/m0/s1. The summed E-state index contributed by atoms with van der Waals surface area (Å²) >= 11 is 1.25. The van der Waals surface area contributed by atoms with Gasteiger partial charge in [0.1, 0.15) is 11.6 Å². The number of aromatic nitrogens is 3. The lowest BCUT2D eigenvalue weighted by molar-refractivity contribution is 0.626. The van der Waals surface area contributed by atoms with Gasteiger partial charge in [-0.05, 0) is 55.5 Å². The van der Waals surface area contributed by atoms with Crippen molar-refractivity contribution in [3.8, 4) is 23.1 Å². The zero-order valence-electron chi connectivity index (χ0n) is 12.6. The predicted octanol–water partition coefficient (Wildman–Crippen LogP) is 4.22. The number of hydrogen-bond acceptors (Lipinski definition) is 4. The summed E-state index contributed by atoms with van der Waals surface area (Å²) < 4.78 is 28.1. The molecule has 4 nitrogen and oxygen atoms in total. The molecule has 7 heteroatoms. The summed E-state index contributed by atoms with van der Waals surface area (Å²) in [5, 5.41) is 17.5. The molecule has 0 unspecified atom stereocenters.